The van der Waals surface area contributed by atoms with Crippen LogP contribution in [0.3, 0.4) is 0 Å². The molecule has 10 aromatic rings. The van der Waals surface area contributed by atoms with Gasteiger partial charge in [-0.25, -0.2) is 15.0 Å². The van der Waals surface area contributed by atoms with E-state index < -0.39 is 0 Å². The second-order valence-electron chi connectivity index (χ2n) is 14.0. The van der Waals surface area contributed by atoms with E-state index in [4.69, 9.17) is 23.8 Å². The lowest BCUT2D eigenvalue weighted by atomic mass is 9.92. The Labute approximate surface area is 304 Å². The van der Waals surface area contributed by atoms with Crippen LogP contribution in [0.5, 0.6) is 0 Å². The number of para-hydroxylation sites is 1. The van der Waals surface area contributed by atoms with Crippen LogP contribution in [0, 0.1) is 5.92 Å². The molecule has 0 spiro atoms. The Morgan fingerprint density at radius 1 is 0.491 bits per heavy atom. The molecule has 0 radical (unpaired) electrons. The van der Waals surface area contributed by atoms with Crippen molar-refractivity contribution >= 4 is 71.0 Å². The number of rotatable bonds is 4. The highest BCUT2D eigenvalue weighted by Gasteiger charge is 2.22. The summed E-state index contributed by atoms with van der Waals surface area (Å²) in [6.45, 7) is 2.22. The number of aromatic nitrogens is 3. The number of fused-ring (bicyclic) bond motifs is 9. The molecule has 0 saturated carbocycles. The smallest absolute Gasteiger partial charge is 0.164 e. The van der Waals surface area contributed by atoms with Gasteiger partial charge in [-0.15, -0.1) is 0 Å². The molecule has 11 rings (SSSR count). The maximum Gasteiger partial charge on any atom is 0.164 e. The van der Waals surface area contributed by atoms with Crippen molar-refractivity contribution in [1.29, 1.82) is 0 Å². The van der Waals surface area contributed by atoms with E-state index in [0.29, 0.717) is 17.5 Å². The van der Waals surface area contributed by atoms with Crippen molar-refractivity contribution in [3.63, 3.8) is 0 Å². The molecular weight excluding hydrogens is 651 g/mol. The molecule has 1 aliphatic rings. The van der Waals surface area contributed by atoms with E-state index in [1.165, 1.54) is 21.5 Å². The van der Waals surface area contributed by atoms with Crippen LogP contribution in [0.25, 0.3) is 105 Å². The quantitative estimate of drug-likeness (QED) is 0.173. The topological polar surface area (TPSA) is 65.0 Å². The van der Waals surface area contributed by atoms with Crippen LogP contribution < -0.4 is 0 Å². The lowest BCUT2D eigenvalue weighted by molar-refractivity contribution is 0.668. The van der Waals surface area contributed by atoms with Crippen molar-refractivity contribution in [3.05, 3.63) is 158 Å². The number of allylic oxidation sites excluding steroid dienone is 4. The first kappa shape index (κ1) is 29.8. The van der Waals surface area contributed by atoms with Crippen molar-refractivity contribution in [3.8, 4) is 33.9 Å². The summed E-state index contributed by atoms with van der Waals surface area (Å²) in [7, 11) is 0. The van der Waals surface area contributed by atoms with Gasteiger partial charge >= 0.3 is 0 Å². The van der Waals surface area contributed by atoms with Gasteiger partial charge in [-0.05, 0) is 87.5 Å². The second-order valence-corrected chi connectivity index (χ2v) is 14.0. The summed E-state index contributed by atoms with van der Waals surface area (Å²) in [4.78, 5) is 15.4. The van der Waals surface area contributed by atoms with Crippen molar-refractivity contribution in [2.75, 3.05) is 0 Å². The molecule has 0 bridgehead atoms. The standard InChI is InChI=1S/C48H31N3O2/c1-28-9-2-4-11-34(28)47-49-46(33-22-23-37-36-13-6-7-15-41(36)52-43(37)27-33)50-48(51-47)39-14-8-16-42-45(39)38-24-21-32(26-44(38)53-42)31-20-19-30-18-17-29-10-3-5-12-35(29)40(30)25-31/h2-8,10-28H,9H2,1H3. The molecule has 1 atom stereocenters. The Kier molecular flexibility index (Phi) is 6.52. The average Bonchev–Trinajstić information content (AvgIpc) is 3.78. The molecule has 1 aliphatic carbocycles. The Balaban J connectivity index is 1.07. The number of nitrogens with zero attached hydrogens (tertiary/aromatic N) is 3. The molecule has 7 aromatic carbocycles. The Hall–Kier alpha value is -6.85. The van der Waals surface area contributed by atoms with Crippen LogP contribution in [-0.4, -0.2) is 15.0 Å². The van der Waals surface area contributed by atoms with Crippen molar-refractivity contribution in [2.24, 2.45) is 5.92 Å². The first-order valence-electron chi connectivity index (χ1n) is 18.1. The predicted octanol–water partition coefficient (Wildman–Crippen LogP) is 13.0. The third-order valence-electron chi connectivity index (χ3n) is 10.8. The number of hydrogen-bond donors (Lipinski definition) is 0. The minimum Gasteiger partial charge on any atom is -0.456 e. The predicted molar refractivity (Wildman–Crippen MR) is 217 cm³/mol. The van der Waals surface area contributed by atoms with E-state index in [0.717, 1.165) is 78.1 Å². The molecule has 5 heteroatoms. The molecule has 1 unspecified atom stereocenters. The van der Waals surface area contributed by atoms with Crippen LogP contribution in [-0.2, 0) is 0 Å². The summed E-state index contributed by atoms with van der Waals surface area (Å²) in [5.41, 5.74) is 8.40. The first-order chi connectivity index (χ1) is 26.1. The number of benzene rings is 7. The van der Waals surface area contributed by atoms with Gasteiger partial charge in [0.1, 0.15) is 22.3 Å². The van der Waals surface area contributed by atoms with E-state index >= 15 is 0 Å². The summed E-state index contributed by atoms with van der Waals surface area (Å²) in [6.07, 6.45) is 7.35. The maximum atomic E-state index is 6.59. The Morgan fingerprint density at radius 3 is 2.06 bits per heavy atom. The van der Waals surface area contributed by atoms with Crippen LogP contribution in [0.4, 0.5) is 0 Å². The molecule has 0 aliphatic heterocycles. The number of furan rings is 2. The summed E-state index contributed by atoms with van der Waals surface area (Å²) in [6, 6.07) is 46.6. The summed E-state index contributed by atoms with van der Waals surface area (Å²) >= 11 is 0. The van der Waals surface area contributed by atoms with Gasteiger partial charge < -0.3 is 8.83 Å². The van der Waals surface area contributed by atoms with Crippen LogP contribution in [0.1, 0.15) is 19.2 Å². The van der Waals surface area contributed by atoms with Crippen molar-refractivity contribution < 1.29 is 8.83 Å². The van der Waals surface area contributed by atoms with Gasteiger partial charge in [-0.1, -0.05) is 116 Å². The van der Waals surface area contributed by atoms with E-state index in [9.17, 15) is 0 Å². The van der Waals surface area contributed by atoms with E-state index in [2.05, 4.69) is 122 Å². The van der Waals surface area contributed by atoms with Gasteiger partial charge in [-0.3, -0.25) is 0 Å². The SMILES string of the molecule is CC1CC=CC=C1c1nc(-c2ccc3c(c2)oc2ccccc23)nc(-c2cccc3oc4cc(-c5ccc6ccc7ccccc7c6c5)ccc4c23)n1. The fraction of sp³-hybridized carbons (Fsp3) is 0.0625. The van der Waals surface area contributed by atoms with Gasteiger partial charge in [0.2, 0.25) is 0 Å². The molecule has 5 nitrogen and oxygen atoms in total. The highest BCUT2D eigenvalue weighted by molar-refractivity contribution is 6.13. The zero-order chi connectivity index (χ0) is 35.0. The van der Waals surface area contributed by atoms with Gasteiger partial charge in [-0.2, -0.15) is 0 Å². The molecule has 250 valence electrons. The van der Waals surface area contributed by atoms with E-state index in [1.54, 1.807) is 0 Å². The first-order valence-corrected chi connectivity index (χ1v) is 18.1. The average molecular weight is 682 g/mol. The summed E-state index contributed by atoms with van der Waals surface area (Å²) < 4.78 is 12.9. The second kappa shape index (κ2) is 11.6. The van der Waals surface area contributed by atoms with Gasteiger partial charge in [0, 0.05) is 38.2 Å². The van der Waals surface area contributed by atoms with Crippen LogP contribution in [0.15, 0.2) is 161 Å². The lowest BCUT2D eigenvalue weighted by Gasteiger charge is -2.17. The Morgan fingerprint density at radius 2 is 1.13 bits per heavy atom. The van der Waals surface area contributed by atoms with E-state index in [1.807, 2.05) is 36.4 Å². The largest absolute Gasteiger partial charge is 0.456 e. The van der Waals surface area contributed by atoms with Gasteiger partial charge in [0.05, 0.1) is 0 Å². The molecule has 0 amide bonds. The lowest BCUT2D eigenvalue weighted by Crippen LogP contribution is -2.08. The highest BCUT2D eigenvalue weighted by atomic mass is 16.3. The van der Waals surface area contributed by atoms with Crippen molar-refractivity contribution in [1.82, 2.24) is 15.0 Å². The van der Waals surface area contributed by atoms with Gasteiger partial charge in [0.25, 0.3) is 0 Å². The monoisotopic (exact) mass is 681 g/mol. The zero-order valence-electron chi connectivity index (χ0n) is 28.9. The Bertz CT molecular complexity index is 3180. The van der Waals surface area contributed by atoms with Crippen LogP contribution in [0.2, 0.25) is 0 Å². The molecule has 3 heterocycles. The van der Waals surface area contributed by atoms with Crippen LogP contribution >= 0.6 is 0 Å². The fourth-order valence-corrected chi connectivity index (χ4v) is 8.03. The fourth-order valence-electron chi connectivity index (χ4n) is 8.03. The minimum atomic E-state index is 0.276. The molecule has 0 N–H and O–H groups in total. The molecule has 53 heavy (non-hydrogen) atoms. The van der Waals surface area contributed by atoms with E-state index in [-0.39, 0.29) is 5.92 Å². The molecule has 0 fully saturated rings. The highest BCUT2D eigenvalue weighted by Crippen LogP contribution is 2.40. The number of hydrogen-bond acceptors (Lipinski definition) is 5. The molecular formula is C48H31N3O2. The third-order valence-corrected chi connectivity index (χ3v) is 10.8. The normalized spacial score (nSPS) is 14.7. The summed E-state index contributed by atoms with van der Waals surface area (Å²) in [5.74, 6) is 2.17. The molecule has 0 saturated heterocycles. The minimum absolute atomic E-state index is 0.276. The molecule has 3 aromatic heterocycles. The van der Waals surface area contributed by atoms with Crippen molar-refractivity contribution in [2.45, 2.75) is 13.3 Å². The summed E-state index contributed by atoms with van der Waals surface area (Å²) in [5, 5.41) is 9.13. The van der Waals surface area contributed by atoms with Gasteiger partial charge in [0.15, 0.2) is 17.5 Å². The zero-order valence-corrected chi connectivity index (χ0v) is 28.9. The maximum absolute atomic E-state index is 6.59. The third kappa shape index (κ3) is 4.81.